The number of nitrogens with zero attached hydrogens (tertiary/aromatic N) is 4. The van der Waals surface area contributed by atoms with E-state index in [1.54, 1.807) is 0 Å². The van der Waals surface area contributed by atoms with Crippen molar-refractivity contribution in [3.8, 4) is 73.2 Å². The highest BCUT2D eigenvalue weighted by molar-refractivity contribution is 6.26. The highest BCUT2D eigenvalue weighted by Gasteiger charge is 2.22. The number of hydrogen-bond donors (Lipinski definition) is 0. The van der Waals surface area contributed by atoms with Crippen LogP contribution in [-0.4, -0.2) is 19.5 Å². The van der Waals surface area contributed by atoms with Gasteiger partial charge in [-0.15, -0.1) is 0 Å². The summed E-state index contributed by atoms with van der Waals surface area (Å²) in [6.45, 7) is 0. The second-order valence-electron chi connectivity index (χ2n) is 25.8. The van der Waals surface area contributed by atoms with E-state index in [4.69, 9.17) is 23.8 Å². The molecule has 0 fully saturated rings. The largest absolute Gasteiger partial charge is 0.456 e. The van der Waals surface area contributed by atoms with E-state index >= 15 is 0 Å². The van der Waals surface area contributed by atoms with Crippen molar-refractivity contribution in [2.45, 2.75) is 0 Å². The molecule has 0 spiro atoms. The van der Waals surface area contributed by atoms with E-state index in [0.29, 0.717) is 17.6 Å². The van der Waals surface area contributed by atoms with Gasteiger partial charge in [0.2, 0.25) is 5.95 Å². The summed E-state index contributed by atoms with van der Waals surface area (Å²) < 4.78 is 15.3. The second kappa shape index (κ2) is 20.7. The van der Waals surface area contributed by atoms with Crippen molar-refractivity contribution in [1.29, 1.82) is 0 Å². The lowest BCUT2D eigenvalue weighted by Gasteiger charge is -2.14. The molecule has 0 saturated heterocycles. The molecule has 0 amide bonds. The molecule has 6 heteroatoms. The maximum absolute atomic E-state index is 6.82. The molecule has 17 aromatic carbocycles. The van der Waals surface area contributed by atoms with E-state index in [2.05, 4.69) is 308 Å². The van der Waals surface area contributed by atoms with Crippen molar-refractivity contribution >= 4 is 141 Å². The van der Waals surface area contributed by atoms with E-state index in [1.165, 1.54) is 59.2 Å². The third-order valence-corrected chi connectivity index (χ3v) is 20.4. The predicted molar refractivity (Wildman–Crippen MR) is 404 cm³/mol. The number of fused-ring (bicyclic) bond motifs is 21. The molecule has 0 aliphatic rings. The third kappa shape index (κ3) is 8.43. The standard InChI is InChI=1S/C91H52N4O2/c1-3-15-67-53(13-1)25-27-55-29-31-58(46-77(55)67)64-43-65(59-36-41-86-81(48-59)75-22-10-12-24-85(75)96-86)45-66(44-64)60-37-42-87-82(49-60)76-39-33-61(52-88(76)97-87)57-35-40-84-80(47-57)74-21-9-11-23-83(74)95(84)91-93-89(62-32-30-56-28-26-54-14-2-4-16-68(54)78(56)50-62)92-90(94-91)63-34-38-73-71-19-6-5-17-69(71)70-18-7-8-20-72(70)79(73)51-63/h1-52H. The molecule has 4 heterocycles. The first-order valence-corrected chi connectivity index (χ1v) is 33.0. The Morgan fingerprint density at radius 2 is 0.536 bits per heavy atom. The van der Waals surface area contributed by atoms with Gasteiger partial charge in [0, 0.05) is 43.4 Å². The van der Waals surface area contributed by atoms with Crippen molar-refractivity contribution in [3.05, 3.63) is 315 Å². The van der Waals surface area contributed by atoms with Crippen LogP contribution in [0.5, 0.6) is 0 Å². The van der Waals surface area contributed by atoms with Crippen molar-refractivity contribution in [2.24, 2.45) is 0 Å². The lowest BCUT2D eigenvalue weighted by molar-refractivity contribution is 0.668. The summed E-state index contributed by atoms with van der Waals surface area (Å²) in [5.74, 6) is 1.73. The van der Waals surface area contributed by atoms with Gasteiger partial charge in [-0.1, -0.05) is 218 Å². The molecule has 448 valence electrons. The summed E-state index contributed by atoms with van der Waals surface area (Å²) in [5, 5.41) is 23.3. The van der Waals surface area contributed by atoms with E-state index in [9.17, 15) is 0 Å². The minimum absolute atomic E-state index is 0.540. The molecule has 0 aliphatic carbocycles. The topological polar surface area (TPSA) is 69.9 Å². The Bertz CT molecular complexity index is 6930. The molecular weight excluding hydrogens is 1180 g/mol. The Morgan fingerprint density at radius 1 is 0.186 bits per heavy atom. The van der Waals surface area contributed by atoms with Gasteiger partial charge in [0.05, 0.1) is 11.0 Å². The number of furan rings is 2. The van der Waals surface area contributed by atoms with Gasteiger partial charge in [0.1, 0.15) is 22.3 Å². The summed E-state index contributed by atoms with van der Waals surface area (Å²) in [4.78, 5) is 16.4. The van der Waals surface area contributed by atoms with Crippen LogP contribution in [0.15, 0.2) is 324 Å². The van der Waals surface area contributed by atoms with Crippen LogP contribution in [0.2, 0.25) is 0 Å². The van der Waals surface area contributed by atoms with Crippen molar-refractivity contribution in [1.82, 2.24) is 19.5 Å². The molecule has 0 bridgehead atoms. The molecule has 0 atom stereocenters. The number of aromatic nitrogens is 4. The van der Waals surface area contributed by atoms with Crippen molar-refractivity contribution in [3.63, 3.8) is 0 Å². The number of benzene rings is 17. The Balaban J connectivity index is 0.689. The summed E-state index contributed by atoms with van der Waals surface area (Å²) in [6.07, 6.45) is 0. The van der Waals surface area contributed by atoms with Crippen LogP contribution < -0.4 is 0 Å². The minimum Gasteiger partial charge on any atom is -0.456 e. The van der Waals surface area contributed by atoms with Crippen molar-refractivity contribution in [2.75, 3.05) is 0 Å². The van der Waals surface area contributed by atoms with Crippen LogP contribution in [0.25, 0.3) is 214 Å². The monoisotopic (exact) mass is 1230 g/mol. The predicted octanol–water partition coefficient (Wildman–Crippen LogP) is 24.8. The Labute approximate surface area is 554 Å². The average Bonchev–Trinajstić information content (AvgIpc) is 1.76. The molecule has 6 nitrogen and oxygen atoms in total. The van der Waals surface area contributed by atoms with Crippen LogP contribution in [-0.2, 0) is 0 Å². The Hall–Kier alpha value is -13.0. The maximum Gasteiger partial charge on any atom is 0.238 e. The third-order valence-electron chi connectivity index (χ3n) is 20.4. The summed E-state index contributed by atoms with van der Waals surface area (Å²) in [5.41, 5.74) is 16.1. The fourth-order valence-electron chi connectivity index (χ4n) is 15.6. The zero-order chi connectivity index (χ0) is 63.4. The fraction of sp³-hybridized carbons (Fsp3) is 0. The molecule has 21 rings (SSSR count). The number of rotatable bonds is 7. The normalized spacial score (nSPS) is 12.1. The molecule has 21 aromatic rings. The summed E-state index contributed by atoms with van der Waals surface area (Å²) >= 11 is 0. The number of para-hydroxylation sites is 2. The van der Waals surface area contributed by atoms with Gasteiger partial charge in [-0.05, 0) is 217 Å². The highest BCUT2D eigenvalue weighted by atomic mass is 16.3. The Kier molecular flexibility index (Phi) is 11.4. The lowest BCUT2D eigenvalue weighted by atomic mass is 9.91. The molecular formula is C91H52N4O2. The van der Waals surface area contributed by atoms with Crippen molar-refractivity contribution < 1.29 is 8.83 Å². The zero-order valence-corrected chi connectivity index (χ0v) is 52.1. The Morgan fingerprint density at radius 3 is 1.15 bits per heavy atom. The molecule has 97 heavy (non-hydrogen) atoms. The van der Waals surface area contributed by atoms with Gasteiger partial charge in [0.25, 0.3) is 0 Å². The van der Waals surface area contributed by atoms with Crippen LogP contribution in [0, 0.1) is 0 Å². The average molecular weight is 1230 g/mol. The highest BCUT2D eigenvalue weighted by Crippen LogP contribution is 2.44. The maximum atomic E-state index is 6.82. The lowest BCUT2D eigenvalue weighted by Crippen LogP contribution is -2.06. The van der Waals surface area contributed by atoms with Crippen LogP contribution in [0.3, 0.4) is 0 Å². The molecule has 4 aromatic heterocycles. The zero-order valence-electron chi connectivity index (χ0n) is 52.1. The van der Waals surface area contributed by atoms with Gasteiger partial charge < -0.3 is 8.83 Å². The molecule has 0 saturated carbocycles. The fourth-order valence-corrected chi connectivity index (χ4v) is 15.6. The molecule has 0 N–H and O–H groups in total. The smallest absolute Gasteiger partial charge is 0.238 e. The summed E-state index contributed by atoms with van der Waals surface area (Å²) in [6, 6.07) is 114. The van der Waals surface area contributed by atoms with Gasteiger partial charge in [-0.3, -0.25) is 4.57 Å². The number of hydrogen-bond acceptors (Lipinski definition) is 5. The van der Waals surface area contributed by atoms with E-state index in [0.717, 1.165) is 137 Å². The second-order valence-corrected chi connectivity index (χ2v) is 25.8. The van der Waals surface area contributed by atoms with Gasteiger partial charge in [-0.25, -0.2) is 4.98 Å². The molecule has 0 unspecified atom stereocenters. The van der Waals surface area contributed by atoms with Gasteiger partial charge in [-0.2, -0.15) is 9.97 Å². The van der Waals surface area contributed by atoms with Crippen LogP contribution >= 0.6 is 0 Å². The minimum atomic E-state index is 0.540. The van der Waals surface area contributed by atoms with E-state index in [1.807, 2.05) is 12.1 Å². The van der Waals surface area contributed by atoms with Gasteiger partial charge >= 0.3 is 0 Å². The molecule has 0 radical (unpaired) electrons. The van der Waals surface area contributed by atoms with Crippen LogP contribution in [0.4, 0.5) is 0 Å². The SMILES string of the molecule is c1ccc2c(c1)ccc1ccc(-c3cc(-c4ccc5oc6ccccc6c5c4)cc(-c4ccc5oc6cc(-c7ccc8c(c7)c7ccccc7n8-c7nc(-c8ccc9ccc%10ccccc%10c9c8)nc(-c8ccc9c%10ccccc%10c%10ccccc%10c9c8)n7)ccc6c5c4)c3)cc12. The van der Waals surface area contributed by atoms with E-state index < -0.39 is 0 Å². The first-order valence-electron chi connectivity index (χ1n) is 33.0. The van der Waals surface area contributed by atoms with Crippen LogP contribution in [0.1, 0.15) is 0 Å². The van der Waals surface area contributed by atoms with Gasteiger partial charge in [0.15, 0.2) is 11.6 Å². The first kappa shape index (κ1) is 53.5. The van der Waals surface area contributed by atoms with E-state index in [-0.39, 0.29) is 0 Å². The quantitative estimate of drug-likeness (QED) is 0.149. The summed E-state index contributed by atoms with van der Waals surface area (Å²) in [7, 11) is 0. The molecule has 0 aliphatic heterocycles. The first-order chi connectivity index (χ1) is 48.0.